The second-order valence-electron chi connectivity index (χ2n) is 11.7. The summed E-state index contributed by atoms with van der Waals surface area (Å²) in [7, 11) is 1.78. The SMILES string of the molecule is CCOC(=O)C1=C(CN2CC(F)(F)C[C@@H]2CN(C)CCC(C)(C)C(=O)O)NC(c2nccs2)=N[C@H]1c1cccc(F)c1C. The zero-order valence-electron chi connectivity index (χ0n) is 25.0. The number of aromatic nitrogens is 1. The molecule has 4 rings (SSSR count). The molecule has 0 bridgehead atoms. The van der Waals surface area contributed by atoms with Crippen molar-refractivity contribution >= 4 is 29.1 Å². The van der Waals surface area contributed by atoms with Gasteiger partial charge in [0.1, 0.15) is 11.9 Å². The van der Waals surface area contributed by atoms with Gasteiger partial charge >= 0.3 is 11.9 Å². The lowest BCUT2D eigenvalue weighted by Crippen LogP contribution is -2.44. The van der Waals surface area contributed by atoms with E-state index < -0.39 is 47.7 Å². The van der Waals surface area contributed by atoms with Gasteiger partial charge in [-0.15, -0.1) is 11.3 Å². The summed E-state index contributed by atoms with van der Waals surface area (Å²) in [5, 5.41) is 14.9. The number of alkyl halides is 2. The quantitative estimate of drug-likeness (QED) is 0.330. The highest BCUT2D eigenvalue weighted by atomic mass is 32.1. The maximum Gasteiger partial charge on any atom is 0.338 e. The number of rotatable bonds is 12. The first kappa shape index (κ1) is 32.6. The smallest absolute Gasteiger partial charge is 0.338 e. The third-order valence-electron chi connectivity index (χ3n) is 7.93. The standard InChI is InChI=1S/C30H38F3N5O4S/c1-6-42-27(39)23-22(16-38-17-30(32,33)14-19(38)15-37(5)12-10-29(3,4)28(40)41)35-25(26-34-11-13-43-26)36-24(23)20-8-7-9-21(31)18(20)2/h7-9,11,13,19,24H,6,10,12,14-17H2,1-5H3,(H,35,36)(H,40,41)/t19-,24+/m1/s1. The van der Waals surface area contributed by atoms with Crippen LogP contribution in [0, 0.1) is 18.2 Å². The normalized spacial score (nSPS) is 20.7. The fourth-order valence-electron chi connectivity index (χ4n) is 5.33. The number of ether oxygens (including phenoxy) is 1. The third-order valence-corrected chi connectivity index (χ3v) is 8.71. The Morgan fingerprint density at radius 2 is 2.07 bits per heavy atom. The molecule has 2 aromatic rings. The highest BCUT2D eigenvalue weighted by molar-refractivity contribution is 7.11. The van der Waals surface area contributed by atoms with Crippen molar-refractivity contribution in [3.05, 3.63) is 63.0 Å². The lowest BCUT2D eigenvalue weighted by Gasteiger charge is -2.33. The van der Waals surface area contributed by atoms with E-state index >= 15 is 0 Å². The van der Waals surface area contributed by atoms with Gasteiger partial charge < -0.3 is 20.1 Å². The van der Waals surface area contributed by atoms with Crippen LogP contribution in [0.25, 0.3) is 0 Å². The number of aliphatic imine (C=N–C) groups is 1. The van der Waals surface area contributed by atoms with Gasteiger partial charge in [-0.3, -0.25) is 14.7 Å². The molecular weight excluding hydrogens is 583 g/mol. The molecule has 1 aromatic heterocycles. The fourth-order valence-corrected chi connectivity index (χ4v) is 5.91. The first-order valence-electron chi connectivity index (χ1n) is 14.2. The van der Waals surface area contributed by atoms with Crippen LogP contribution in [0.3, 0.4) is 0 Å². The summed E-state index contributed by atoms with van der Waals surface area (Å²) in [6.07, 6.45) is 1.57. The van der Waals surface area contributed by atoms with E-state index in [2.05, 4.69) is 10.3 Å². The summed E-state index contributed by atoms with van der Waals surface area (Å²) in [5.41, 5.74) is 0.287. The minimum atomic E-state index is -2.96. The molecular formula is C30H38F3N5O4S. The molecule has 234 valence electrons. The molecule has 1 saturated heterocycles. The van der Waals surface area contributed by atoms with Crippen LogP contribution < -0.4 is 5.32 Å². The summed E-state index contributed by atoms with van der Waals surface area (Å²) in [5.74, 6) is -4.66. The van der Waals surface area contributed by atoms with Gasteiger partial charge in [0, 0.05) is 42.8 Å². The number of aliphatic carboxylic acids is 1. The van der Waals surface area contributed by atoms with Crippen molar-refractivity contribution in [3.8, 4) is 0 Å². The minimum absolute atomic E-state index is 0.0435. The predicted molar refractivity (Wildman–Crippen MR) is 158 cm³/mol. The van der Waals surface area contributed by atoms with E-state index in [0.29, 0.717) is 40.6 Å². The Morgan fingerprint density at radius 3 is 2.72 bits per heavy atom. The van der Waals surface area contributed by atoms with Crippen molar-refractivity contribution in [2.24, 2.45) is 10.4 Å². The summed E-state index contributed by atoms with van der Waals surface area (Å²) in [6, 6.07) is 3.02. The van der Waals surface area contributed by atoms with E-state index in [4.69, 9.17) is 9.73 Å². The topological polar surface area (TPSA) is 107 Å². The number of thiazole rings is 1. The summed E-state index contributed by atoms with van der Waals surface area (Å²) in [6.45, 7) is 6.73. The number of carboxylic acid groups (broad SMARTS) is 1. The minimum Gasteiger partial charge on any atom is -0.481 e. The van der Waals surface area contributed by atoms with Gasteiger partial charge in [0.05, 0.1) is 24.1 Å². The number of nitrogens with zero attached hydrogens (tertiary/aromatic N) is 4. The van der Waals surface area contributed by atoms with Crippen LogP contribution in [0.15, 0.2) is 46.0 Å². The number of nitrogens with one attached hydrogen (secondary N) is 1. The van der Waals surface area contributed by atoms with Crippen LogP contribution in [0.5, 0.6) is 0 Å². The maximum absolute atomic E-state index is 14.9. The number of hydrogen-bond acceptors (Lipinski definition) is 9. The maximum atomic E-state index is 14.9. The molecule has 0 radical (unpaired) electrons. The number of carbonyl (C=O) groups excluding carboxylic acids is 1. The molecule has 1 aromatic carbocycles. The van der Waals surface area contributed by atoms with Crippen molar-refractivity contribution in [1.82, 2.24) is 20.1 Å². The monoisotopic (exact) mass is 621 g/mol. The van der Waals surface area contributed by atoms with Crippen LogP contribution in [-0.4, -0.2) is 89.5 Å². The van der Waals surface area contributed by atoms with E-state index in [-0.39, 0.29) is 31.7 Å². The second-order valence-corrected chi connectivity index (χ2v) is 12.6. The first-order chi connectivity index (χ1) is 20.2. The second kappa shape index (κ2) is 13.1. The zero-order valence-corrected chi connectivity index (χ0v) is 25.8. The van der Waals surface area contributed by atoms with Crippen molar-refractivity contribution in [1.29, 1.82) is 0 Å². The number of hydrogen-bond donors (Lipinski definition) is 2. The summed E-state index contributed by atoms with van der Waals surface area (Å²) < 4.78 is 49.9. The van der Waals surface area contributed by atoms with Gasteiger partial charge in [-0.2, -0.15) is 0 Å². The van der Waals surface area contributed by atoms with E-state index in [1.165, 1.54) is 17.4 Å². The zero-order chi connectivity index (χ0) is 31.5. The number of likely N-dealkylation sites (N-methyl/N-ethyl adjacent to an activating group) is 1. The van der Waals surface area contributed by atoms with Crippen molar-refractivity contribution < 1.29 is 32.6 Å². The first-order valence-corrected chi connectivity index (χ1v) is 15.0. The number of halogens is 3. The van der Waals surface area contributed by atoms with E-state index in [0.717, 1.165) is 0 Å². The van der Waals surface area contributed by atoms with E-state index in [1.807, 2.05) is 4.90 Å². The highest BCUT2D eigenvalue weighted by Crippen LogP contribution is 2.38. The Morgan fingerprint density at radius 1 is 1.33 bits per heavy atom. The molecule has 13 heteroatoms. The predicted octanol–water partition coefficient (Wildman–Crippen LogP) is 4.64. The molecule has 3 heterocycles. The summed E-state index contributed by atoms with van der Waals surface area (Å²) >= 11 is 1.32. The van der Waals surface area contributed by atoms with Gasteiger partial charge in [-0.05, 0) is 64.9 Å². The summed E-state index contributed by atoms with van der Waals surface area (Å²) in [4.78, 5) is 37.6. The highest BCUT2D eigenvalue weighted by Gasteiger charge is 2.46. The van der Waals surface area contributed by atoms with Gasteiger partial charge in [0.15, 0.2) is 10.8 Å². The Labute approximate surface area is 253 Å². The number of amidine groups is 1. The van der Waals surface area contributed by atoms with Crippen molar-refractivity contribution in [2.45, 2.75) is 58.5 Å². The number of carbonyl (C=O) groups is 2. The molecule has 0 saturated carbocycles. The van der Waals surface area contributed by atoms with E-state index in [9.17, 15) is 27.9 Å². The number of likely N-dealkylation sites (tertiary alicyclic amines) is 1. The van der Waals surface area contributed by atoms with Gasteiger partial charge in [-0.1, -0.05) is 12.1 Å². The largest absolute Gasteiger partial charge is 0.481 e. The molecule has 0 aliphatic carbocycles. The van der Waals surface area contributed by atoms with Crippen LogP contribution in [0.1, 0.15) is 55.8 Å². The molecule has 2 atom stereocenters. The molecule has 43 heavy (non-hydrogen) atoms. The number of benzene rings is 1. The van der Waals surface area contributed by atoms with Crippen LogP contribution >= 0.6 is 11.3 Å². The molecule has 0 amide bonds. The van der Waals surface area contributed by atoms with Crippen LogP contribution in [-0.2, 0) is 14.3 Å². The number of esters is 1. The van der Waals surface area contributed by atoms with Gasteiger partial charge in [0.25, 0.3) is 5.92 Å². The molecule has 0 spiro atoms. The fraction of sp³-hybridized carbons (Fsp3) is 0.533. The molecule has 9 nitrogen and oxygen atoms in total. The molecule has 2 aliphatic rings. The molecule has 2 aliphatic heterocycles. The average molecular weight is 622 g/mol. The third kappa shape index (κ3) is 7.63. The van der Waals surface area contributed by atoms with Gasteiger partial charge in [0.2, 0.25) is 0 Å². The van der Waals surface area contributed by atoms with Crippen molar-refractivity contribution in [3.63, 3.8) is 0 Å². The molecule has 1 fully saturated rings. The van der Waals surface area contributed by atoms with Crippen molar-refractivity contribution in [2.75, 3.05) is 39.8 Å². The lowest BCUT2D eigenvalue weighted by atomic mass is 9.89. The molecule has 0 unspecified atom stereocenters. The van der Waals surface area contributed by atoms with Gasteiger partial charge in [-0.25, -0.2) is 22.9 Å². The Bertz CT molecular complexity index is 1400. The number of carboxylic acids is 1. The molecule has 2 N–H and O–H groups in total. The lowest BCUT2D eigenvalue weighted by molar-refractivity contribution is -0.147. The Hall–Kier alpha value is -3.29. The van der Waals surface area contributed by atoms with Crippen LogP contribution in [0.4, 0.5) is 13.2 Å². The average Bonchev–Trinajstić information content (AvgIpc) is 3.56. The Balaban J connectivity index is 1.70. The Kier molecular flexibility index (Phi) is 9.97. The van der Waals surface area contributed by atoms with Crippen LogP contribution in [0.2, 0.25) is 0 Å². The van der Waals surface area contributed by atoms with E-state index in [1.54, 1.807) is 63.4 Å².